The van der Waals surface area contributed by atoms with Crippen molar-refractivity contribution in [3.8, 4) is 12.3 Å². The first-order valence-corrected chi connectivity index (χ1v) is 5.21. The molecule has 0 rings (SSSR count). The van der Waals surface area contributed by atoms with E-state index in [0.29, 0.717) is 0 Å². The van der Waals surface area contributed by atoms with Gasteiger partial charge in [-0.1, -0.05) is 18.1 Å². The molecular weight excluding hydrogens is 191 g/mol. The van der Waals surface area contributed by atoms with E-state index in [9.17, 15) is 4.57 Å². The third-order valence-electron chi connectivity index (χ3n) is 1.37. The second-order valence-corrected chi connectivity index (χ2v) is 3.89. The van der Waals surface area contributed by atoms with Gasteiger partial charge in [-0.05, 0) is 13.8 Å². The number of hydrogen-bond donors (Lipinski definition) is 2. The zero-order valence-electron chi connectivity index (χ0n) is 7.60. The van der Waals surface area contributed by atoms with Gasteiger partial charge in [-0.2, -0.15) is 0 Å². The molecule has 0 aromatic heterocycles. The van der Waals surface area contributed by atoms with Crippen LogP contribution < -0.4 is 0 Å². The Morgan fingerprint density at radius 3 is 2.54 bits per heavy atom. The molecule has 13 heavy (non-hydrogen) atoms. The number of phosphoric ester groups is 1. The molecular formula is C8H13O4P. The molecule has 5 heteroatoms. The van der Waals surface area contributed by atoms with E-state index in [1.807, 2.05) is 0 Å². The lowest BCUT2D eigenvalue weighted by Crippen LogP contribution is -2.24. The van der Waals surface area contributed by atoms with Crippen LogP contribution in [0.15, 0.2) is 12.2 Å². The van der Waals surface area contributed by atoms with Gasteiger partial charge in [0.25, 0.3) is 0 Å². The summed E-state index contributed by atoms with van der Waals surface area (Å²) in [6, 6.07) is 0. The highest BCUT2D eigenvalue weighted by molar-refractivity contribution is 7.46. The fraction of sp³-hybridized carbons (Fsp3) is 0.500. The van der Waals surface area contributed by atoms with Crippen molar-refractivity contribution in [2.45, 2.75) is 25.9 Å². The zero-order chi connectivity index (χ0) is 10.5. The highest BCUT2D eigenvalue weighted by atomic mass is 31.2. The first-order chi connectivity index (χ1) is 5.83. The lowest BCUT2D eigenvalue weighted by Gasteiger charge is -2.22. The second-order valence-electron chi connectivity index (χ2n) is 2.73. The van der Waals surface area contributed by atoms with Gasteiger partial charge in [-0.3, -0.25) is 4.52 Å². The Kier molecular flexibility index (Phi) is 4.38. The summed E-state index contributed by atoms with van der Waals surface area (Å²) in [4.78, 5) is 17.1. The molecule has 0 heterocycles. The van der Waals surface area contributed by atoms with Gasteiger partial charge in [0.05, 0.1) is 0 Å². The number of allylic oxidation sites excluding steroid dienone is 1. The average Bonchev–Trinajstić information content (AvgIpc) is 1.98. The molecule has 0 saturated heterocycles. The first-order valence-electron chi connectivity index (χ1n) is 3.68. The Labute approximate surface area is 77.9 Å². The van der Waals surface area contributed by atoms with E-state index in [1.54, 1.807) is 19.1 Å². The molecule has 0 aliphatic heterocycles. The van der Waals surface area contributed by atoms with E-state index in [-0.39, 0.29) is 6.42 Å². The molecule has 0 saturated carbocycles. The van der Waals surface area contributed by atoms with Crippen LogP contribution in [0.1, 0.15) is 20.3 Å². The van der Waals surface area contributed by atoms with Crippen LogP contribution in [0, 0.1) is 12.3 Å². The van der Waals surface area contributed by atoms with Gasteiger partial charge in [0.15, 0.2) is 0 Å². The highest BCUT2D eigenvalue weighted by Gasteiger charge is 2.30. The van der Waals surface area contributed by atoms with Crippen molar-refractivity contribution in [3.05, 3.63) is 12.2 Å². The van der Waals surface area contributed by atoms with E-state index >= 15 is 0 Å². The minimum absolute atomic E-state index is 0.269. The van der Waals surface area contributed by atoms with Crippen LogP contribution in [-0.4, -0.2) is 15.4 Å². The zero-order valence-corrected chi connectivity index (χ0v) is 8.49. The predicted octanol–water partition coefficient (Wildman–Crippen LogP) is 1.45. The molecule has 0 aromatic carbocycles. The Morgan fingerprint density at radius 1 is 1.69 bits per heavy atom. The van der Waals surface area contributed by atoms with Gasteiger partial charge >= 0.3 is 7.82 Å². The normalized spacial score (nSPS) is 16.8. The van der Waals surface area contributed by atoms with Gasteiger partial charge in [0.1, 0.15) is 5.60 Å². The summed E-state index contributed by atoms with van der Waals surface area (Å²) in [6.45, 7) is 3.24. The SMILES string of the molecule is C#CC(C)(CC=CC)OP(=O)(O)O. The summed E-state index contributed by atoms with van der Waals surface area (Å²) in [5.74, 6) is 2.20. The summed E-state index contributed by atoms with van der Waals surface area (Å²) in [5.41, 5.74) is -1.24. The van der Waals surface area contributed by atoms with E-state index in [2.05, 4.69) is 10.4 Å². The predicted molar refractivity (Wildman–Crippen MR) is 49.8 cm³/mol. The minimum atomic E-state index is -4.52. The van der Waals surface area contributed by atoms with Crippen molar-refractivity contribution in [1.82, 2.24) is 0 Å². The van der Waals surface area contributed by atoms with Gasteiger partial charge < -0.3 is 9.79 Å². The van der Waals surface area contributed by atoms with Crippen LogP contribution in [0.2, 0.25) is 0 Å². The quantitative estimate of drug-likeness (QED) is 0.413. The molecule has 0 fully saturated rings. The van der Waals surface area contributed by atoms with Gasteiger partial charge in [0, 0.05) is 6.42 Å². The molecule has 74 valence electrons. The van der Waals surface area contributed by atoms with Gasteiger partial charge in [-0.15, -0.1) is 6.42 Å². The Hall–Kier alpha value is -0.590. The van der Waals surface area contributed by atoms with Crippen molar-refractivity contribution in [3.63, 3.8) is 0 Å². The summed E-state index contributed by atoms with van der Waals surface area (Å²) in [7, 11) is -4.52. The van der Waals surface area contributed by atoms with E-state index < -0.39 is 13.4 Å². The van der Waals surface area contributed by atoms with Crippen LogP contribution in [-0.2, 0) is 9.09 Å². The molecule has 2 N–H and O–H groups in total. The molecule has 0 radical (unpaired) electrons. The lowest BCUT2D eigenvalue weighted by atomic mass is 10.0. The van der Waals surface area contributed by atoms with Crippen LogP contribution in [0.25, 0.3) is 0 Å². The fourth-order valence-corrected chi connectivity index (χ4v) is 1.38. The summed E-state index contributed by atoms with van der Waals surface area (Å²) in [6.07, 6.45) is 8.80. The number of terminal acetylenes is 1. The van der Waals surface area contributed by atoms with Crippen LogP contribution >= 0.6 is 7.82 Å². The molecule has 0 amide bonds. The topological polar surface area (TPSA) is 66.8 Å². The molecule has 0 bridgehead atoms. The molecule has 4 nitrogen and oxygen atoms in total. The van der Waals surface area contributed by atoms with E-state index in [0.717, 1.165) is 0 Å². The summed E-state index contributed by atoms with van der Waals surface area (Å²) >= 11 is 0. The van der Waals surface area contributed by atoms with Gasteiger partial charge in [-0.25, -0.2) is 4.57 Å². The van der Waals surface area contributed by atoms with E-state index in [4.69, 9.17) is 16.2 Å². The molecule has 1 atom stereocenters. The third-order valence-corrected chi connectivity index (χ3v) is 2.01. The average molecular weight is 204 g/mol. The molecule has 1 unspecified atom stereocenters. The van der Waals surface area contributed by atoms with Crippen molar-refractivity contribution < 1.29 is 18.9 Å². The summed E-state index contributed by atoms with van der Waals surface area (Å²) in [5, 5.41) is 0. The van der Waals surface area contributed by atoms with Crippen LogP contribution in [0.4, 0.5) is 0 Å². The van der Waals surface area contributed by atoms with Crippen molar-refractivity contribution in [1.29, 1.82) is 0 Å². The molecule has 0 aliphatic rings. The molecule has 0 aromatic rings. The Morgan fingerprint density at radius 2 is 2.23 bits per heavy atom. The van der Waals surface area contributed by atoms with Crippen molar-refractivity contribution in [2.75, 3.05) is 0 Å². The maximum Gasteiger partial charge on any atom is 0.471 e. The standard InChI is InChI=1S/C8H13O4P/c1-4-6-7-8(3,5-2)12-13(9,10)11/h2,4,6H,7H2,1,3H3,(H2,9,10,11). The summed E-state index contributed by atoms with van der Waals surface area (Å²) < 4.78 is 15.0. The van der Waals surface area contributed by atoms with Crippen molar-refractivity contribution >= 4 is 7.82 Å². The third kappa shape index (κ3) is 5.62. The largest absolute Gasteiger partial charge is 0.471 e. The van der Waals surface area contributed by atoms with Crippen LogP contribution in [0.5, 0.6) is 0 Å². The molecule has 0 aliphatic carbocycles. The maximum absolute atomic E-state index is 10.5. The van der Waals surface area contributed by atoms with Gasteiger partial charge in [0.2, 0.25) is 0 Å². The first kappa shape index (κ1) is 12.4. The second kappa shape index (κ2) is 4.59. The number of phosphoric acid groups is 1. The Balaban J connectivity index is 4.49. The molecule has 0 spiro atoms. The Bertz CT molecular complexity index is 272. The van der Waals surface area contributed by atoms with Crippen molar-refractivity contribution in [2.24, 2.45) is 0 Å². The number of rotatable bonds is 4. The number of hydrogen-bond acceptors (Lipinski definition) is 2. The minimum Gasteiger partial charge on any atom is -0.303 e. The fourth-order valence-electron chi connectivity index (χ4n) is 0.728. The smallest absolute Gasteiger partial charge is 0.303 e. The monoisotopic (exact) mass is 204 g/mol. The lowest BCUT2D eigenvalue weighted by molar-refractivity contribution is 0.0985. The maximum atomic E-state index is 10.5. The van der Waals surface area contributed by atoms with E-state index in [1.165, 1.54) is 6.92 Å². The van der Waals surface area contributed by atoms with Crippen LogP contribution in [0.3, 0.4) is 0 Å². The highest BCUT2D eigenvalue weighted by Crippen LogP contribution is 2.42.